The first-order chi connectivity index (χ1) is 14.1. The number of amides is 1. The first-order valence-corrected chi connectivity index (χ1v) is 9.90. The number of para-hydroxylation sites is 1. The van der Waals surface area contributed by atoms with Crippen LogP contribution >= 0.6 is 11.6 Å². The number of benzene rings is 3. The van der Waals surface area contributed by atoms with E-state index in [4.69, 9.17) is 16.3 Å². The fourth-order valence-electron chi connectivity index (χ4n) is 4.49. The Kier molecular flexibility index (Phi) is 4.18. The van der Waals surface area contributed by atoms with E-state index >= 15 is 0 Å². The number of anilines is 1. The Morgan fingerprint density at radius 1 is 0.966 bits per heavy atom. The minimum absolute atomic E-state index is 0.138. The Morgan fingerprint density at radius 2 is 1.72 bits per heavy atom. The van der Waals surface area contributed by atoms with Crippen molar-refractivity contribution in [2.24, 2.45) is 0 Å². The number of esters is 1. The monoisotopic (exact) mass is 403 g/mol. The van der Waals surface area contributed by atoms with Crippen molar-refractivity contribution >= 4 is 29.2 Å². The van der Waals surface area contributed by atoms with Crippen molar-refractivity contribution in [1.82, 2.24) is 0 Å². The summed E-state index contributed by atoms with van der Waals surface area (Å²) in [5.74, 6) is -1.01. The Bertz CT molecular complexity index is 1110. The van der Waals surface area contributed by atoms with Gasteiger partial charge in [0, 0.05) is 16.5 Å². The van der Waals surface area contributed by atoms with Gasteiger partial charge in [0.15, 0.2) is 0 Å². The molecule has 1 fully saturated rings. The summed E-state index contributed by atoms with van der Waals surface area (Å²) in [5.41, 5.74) is 2.00. The van der Waals surface area contributed by atoms with Crippen LogP contribution in [0.5, 0.6) is 0 Å². The zero-order valence-corrected chi connectivity index (χ0v) is 16.3. The van der Waals surface area contributed by atoms with Gasteiger partial charge in [0.05, 0.1) is 18.7 Å². The van der Waals surface area contributed by atoms with Gasteiger partial charge in [0.25, 0.3) is 5.91 Å². The van der Waals surface area contributed by atoms with Gasteiger partial charge >= 0.3 is 5.97 Å². The average molecular weight is 404 g/mol. The number of carbonyl (C=O) groups is 2. The fraction of sp³-hybridized carbons (Fsp3) is 0.167. The minimum atomic E-state index is -1.35. The molecule has 0 radical (unpaired) electrons. The van der Waals surface area contributed by atoms with Crippen molar-refractivity contribution in [3.8, 4) is 0 Å². The standard InChI is InChI=1S/C24H18ClNO3/c25-18-10-6-9-17(13-18)20-14-22(27)29-24(20)19-11-4-5-12-21(19)26(23(24)28)15-16-7-2-1-3-8-16/h1-13,20H,14-15H2/t20-,24+/m0/s1. The lowest BCUT2D eigenvalue weighted by Gasteiger charge is -2.29. The molecule has 5 heteroatoms. The summed E-state index contributed by atoms with van der Waals surface area (Å²) < 4.78 is 5.85. The summed E-state index contributed by atoms with van der Waals surface area (Å²) in [6.45, 7) is 0.415. The molecule has 2 heterocycles. The second-order valence-corrected chi connectivity index (χ2v) is 7.85. The molecule has 3 aromatic rings. The molecule has 144 valence electrons. The molecule has 4 nitrogen and oxygen atoms in total. The maximum atomic E-state index is 13.8. The molecule has 0 bridgehead atoms. The van der Waals surface area contributed by atoms with Crippen LogP contribution in [0.1, 0.15) is 29.0 Å². The smallest absolute Gasteiger partial charge is 0.308 e. The molecule has 1 amide bonds. The van der Waals surface area contributed by atoms with Crippen molar-refractivity contribution in [1.29, 1.82) is 0 Å². The molecule has 2 aliphatic heterocycles. The molecule has 0 aromatic heterocycles. The average Bonchev–Trinajstić information content (AvgIpc) is 3.20. The Labute approximate surface area is 173 Å². The van der Waals surface area contributed by atoms with Crippen LogP contribution in [0.3, 0.4) is 0 Å². The van der Waals surface area contributed by atoms with Crippen LogP contribution in [0.25, 0.3) is 0 Å². The molecule has 0 saturated carbocycles. The van der Waals surface area contributed by atoms with E-state index in [1.165, 1.54) is 0 Å². The SMILES string of the molecule is O=C1C[C@@H](c2cccc(Cl)c2)[C@@]2(O1)C(=O)N(Cc1ccccc1)c1ccccc12. The van der Waals surface area contributed by atoms with Gasteiger partial charge in [-0.25, -0.2) is 0 Å². The fourth-order valence-corrected chi connectivity index (χ4v) is 4.68. The molecule has 0 unspecified atom stereocenters. The van der Waals surface area contributed by atoms with Gasteiger partial charge in [0.1, 0.15) is 0 Å². The zero-order valence-electron chi connectivity index (χ0n) is 15.5. The molecule has 3 aromatic carbocycles. The van der Waals surface area contributed by atoms with Crippen molar-refractivity contribution in [3.05, 3.63) is 101 Å². The van der Waals surface area contributed by atoms with Crippen LogP contribution in [0.4, 0.5) is 5.69 Å². The van der Waals surface area contributed by atoms with Gasteiger partial charge in [-0.3, -0.25) is 9.59 Å². The normalized spacial score (nSPS) is 22.8. The van der Waals surface area contributed by atoms with Crippen LogP contribution in [-0.4, -0.2) is 11.9 Å². The summed E-state index contributed by atoms with van der Waals surface area (Å²) in [6.07, 6.45) is 0.138. The van der Waals surface area contributed by atoms with E-state index in [2.05, 4.69) is 0 Å². The predicted molar refractivity (Wildman–Crippen MR) is 111 cm³/mol. The van der Waals surface area contributed by atoms with Gasteiger partial charge in [-0.2, -0.15) is 0 Å². The molecule has 29 heavy (non-hydrogen) atoms. The molecule has 1 spiro atoms. The first-order valence-electron chi connectivity index (χ1n) is 9.52. The van der Waals surface area contributed by atoms with Gasteiger partial charge < -0.3 is 9.64 Å². The van der Waals surface area contributed by atoms with Crippen molar-refractivity contribution in [2.45, 2.75) is 24.5 Å². The molecule has 2 atom stereocenters. The van der Waals surface area contributed by atoms with Gasteiger partial charge in [0.2, 0.25) is 5.60 Å². The summed E-state index contributed by atoms with van der Waals surface area (Å²) in [5, 5.41) is 0.567. The second-order valence-electron chi connectivity index (χ2n) is 7.42. The summed E-state index contributed by atoms with van der Waals surface area (Å²) in [6, 6.07) is 24.7. The van der Waals surface area contributed by atoms with Crippen LogP contribution in [0, 0.1) is 0 Å². The molecular formula is C24H18ClNO3. The largest absolute Gasteiger partial charge is 0.443 e. The summed E-state index contributed by atoms with van der Waals surface area (Å²) >= 11 is 6.21. The maximum Gasteiger partial charge on any atom is 0.308 e. The highest BCUT2D eigenvalue weighted by molar-refractivity contribution is 6.30. The minimum Gasteiger partial charge on any atom is -0.443 e. The third-order valence-electron chi connectivity index (χ3n) is 5.73. The molecule has 0 aliphatic carbocycles. The van der Waals surface area contributed by atoms with Crippen LogP contribution in [0.15, 0.2) is 78.9 Å². The topological polar surface area (TPSA) is 46.6 Å². The highest BCUT2D eigenvalue weighted by Crippen LogP contribution is 2.55. The van der Waals surface area contributed by atoms with E-state index < -0.39 is 11.5 Å². The Balaban J connectivity index is 1.65. The third-order valence-corrected chi connectivity index (χ3v) is 5.96. The first kappa shape index (κ1) is 18.0. The van der Waals surface area contributed by atoms with E-state index in [-0.39, 0.29) is 18.3 Å². The predicted octanol–water partition coefficient (Wildman–Crippen LogP) is 4.81. The van der Waals surface area contributed by atoms with Crippen LogP contribution in [-0.2, 0) is 26.5 Å². The van der Waals surface area contributed by atoms with Gasteiger partial charge in [-0.05, 0) is 29.3 Å². The van der Waals surface area contributed by atoms with E-state index in [1.54, 1.807) is 11.0 Å². The van der Waals surface area contributed by atoms with Crippen molar-refractivity contribution in [2.75, 3.05) is 4.90 Å². The highest BCUT2D eigenvalue weighted by atomic mass is 35.5. The van der Waals surface area contributed by atoms with E-state index in [9.17, 15) is 9.59 Å². The summed E-state index contributed by atoms with van der Waals surface area (Å²) in [7, 11) is 0. The third kappa shape index (κ3) is 2.75. The van der Waals surface area contributed by atoms with E-state index in [1.807, 2.05) is 72.8 Å². The number of nitrogens with zero attached hydrogens (tertiary/aromatic N) is 1. The maximum absolute atomic E-state index is 13.8. The molecule has 5 rings (SSSR count). The molecule has 0 N–H and O–H groups in total. The number of halogens is 1. The van der Waals surface area contributed by atoms with Crippen molar-refractivity contribution < 1.29 is 14.3 Å². The van der Waals surface area contributed by atoms with E-state index in [0.29, 0.717) is 11.6 Å². The summed E-state index contributed by atoms with van der Waals surface area (Å²) in [4.78, 5) is 28.0. The molecule has 1 saturated heterocycles. The highest BCUT2D eigenvalue weighted by Gasteiger charge is 2.63. The van der Waals surface area contributed by atoms with Gasteiger partial charge in [-0.1, -0.05) is 72.3 Å². The number of rotatable bonds is 3. The Morgan fingerprint density at radius 3 is 2.52 bits per heavy atom. The quantitative estimate of drug-likeness (QED) is 0.589. The number of carbonyl (C=O) groups excluding carboxylic acids is 2. The molecule has 2 aliphatic rings. The number of ether oxygens (including phenoxy) is 1. The number of hydrogen-bond acceptors (Lipinski definition) is 3. The zero-order chi connectivity index (χ0) is 20.0. The lowest BCUT2D eigenvalue weighted by Crippen LogP contribution is -2.43. The number of hydrogen-bond donors (Lipinski definition) is 0. The van der Waals surface area contributed by atoms with Crippen LogP contribution < -0.4 is 4.90 Å². The van der Waals surface area contributed by atoms with Crippen LogP contribution in [0.2, 0.25) is 5.02 Å². The Hall–Kier alpha value is -3.11. The molecular weight excluding hydrogens is 386 g/mol. The lowest BCUT2D eigenvalue weighted by atomic mass is 9.78. The van der Waals surface area contributed by atoms with E-state index in [0.717, 1.165) is 22.4 Å². The number of fused-ring (bicyclic) bond motifs is 2. The van der Waals surface area contributed by atoms with Gasteiger partial charge in [-0.15, -0.1) is 0 Å². The second kappa shape index (κ2) is 6.75. The lowest BCUT2D eigenvalue weighted by molar-refractivity contribution is -0.158. The van der Waals surface area contributed by atoms with Crippen molar-refractivity contribution in [3.63, 3.8) is 0 Å².